The standard InChI is InChI=1S/C10H12INO5/c11-5-3-12(9(16)1-6(5)14)10-2-7(15)8(4-13)17-10/h3,7-8,10,13,15H,1-2,4H2/t7-,8+,10+/m0/s1. The molecule has 0 radical (unpaired) electrons. The van der Waals surface area contributed by atoms with Gasteiger partial charge in [0.2, 0.25) is 5.91 Å². The first-order valence-corrected chi connectivity index (χ1v) is 6.27. The van der Waals surface area contributed by atoms with Crippen molar-refractivity contribution in [3.63, 3.8) is 0 Å². The van der Waals surface area contributed by atoms with Gasteiger partial charge in [0, 0.05) is 12.6 Å². The predicted molar refractivity (Wildman–Crippen MR) is 64.9 cm³/mol. The zero-order valence-corrected chi connectivity index (χ0v) is 11.0. The molecule has 0 unspecified atom stereocenters. The van der Waals surface area contributed by atoms with Crippen molar-refractivity contribution in [2.75, 3.05) is 6.61 Å². The smallest absolute Gasteiger partial charge is 0.236 e. The number of carbonyl (C=O) groups is 2. The summed E-state index contributed by atoms with van der Waals surface area (Å²) in [7, 11) is 0. The van der Waals surface area contributed by atoms with Crippen LogP contribution < -0.4 is 0 Å². The molecule has 0 saturated carbocycles. The average Bonchev–Trinajstić information content (AvgIpc) is 2.65. The molecule has 2 aliphatic rings. The molecule has 0 aromatic carbocycles. The Bertz CT molecular complexity index is 383. The van der Waals surface area contributed by atoms with Crippen LogP contribution in [0.2, 0.25) is 0 Å². The van der Waals surface area contributed by atoms with Crippen molar-refractivity contribution in [3.8, 4) is 0 Å². The van der Waals surface area contributed by atoms with Gasteiger partial charge in [0.1, 0.15) is 12.3 Å². The van der Waals surface area contributed by atoms with Gasteiger partial charge in [-0.25, -0.2) is 0 Å². The van der Waals surface area contributed by atoms with Gasteiger partial charge < -0.3 is 14.9 Å². The number of nitrogens with zero attached hydrogens (tertiary/aromatic N) is 1. The van der Waals surface area contributed by atoms with Crippen LogP contribution in [0.25, 0.3) is 0 Å². The molecule has 0 aliphatic carbocycles. The lowest BCUT2D eigenvalue weighted by Gasteiger charge is -2.28. The molecule has 1 fully saturated rings. The molecule has 17 heavy (non-hydrogen) atoms. The van der Waals surface area contributed by atoms with Crippen LogP contribution in [0.3, 0.4) is 0 Å². The zero-order valence-electron chi connectivity index (χ0n) is 8.88. The number of rotatable bonds is 2. The Morgan fingerprint density at radius 3 is 2.82 bits per heavy atom. The molecule has 0 aromatic heterocycles. The molecule has 1 saturated heterocycles. The number of amides is 1. The summed E-state index contributed by atoms with van der Waals surface area (Å²) in [5.74, 6) is -0.546. The summed E-state index contributed by atoms with van der Waals surface area (Å²) in [6, 6.07) is 0. The van der Waals surface area contributed by atoms with Gasteiger partial charge in [-0.3, -0.25) is 14.5 Å². The number of ketones is 1. The van der Waals surface area contributed by atoms with E-state index < -0.39 is 18.4 Å². The number of aliphatic hydroxyl groups is 2. The van der Waals surface area contributed by atoms with E-state index in [1.165, 1.54) is 11.1 Å². The van der Waals surface area contributed by atoms with Crippen LogP contribution in [0, 0.1) is 0 Å². The summed E-state index contributed by atoms with van der Waals surface area (Å²) in [5, 5.41) is 18.5. The number of allylic oxidation sites excluding steroid dienone is 1. The van der Waals surface area contributed by atoms with Gasteiger partial charge in [-0.2, -0.15) is 0 Å². The Morgan fingerprint density at radius 1 is 1.53 bits per heavy atom. The highest BCUT2D eigenvalue weighted by molar-refractivity contribution is 14.1. The minimum Gasteiger partial charge on any atom is -0.394 e. The molecule has 0 spiro atoms. The summed E-state index contributed by atoms with van der Waals surface area (Å²) >= 11 is 1.86. The fraction of sp³-hybridized carbons (Fsp3) is 0.600. The summed E-state index contributed by atoms with van der Waals surface area (Å²) in [6.07, 6.45) is -0.558. The lowest BCUT2D eigenvalue weighted by atomic mass is 10.1. The van der Waals surface area contributed by atoms with Crippen molar-refractivity contribution in [2.45, 2.75) is 31.3 Å². The Balaban J connectivity index is 2.13. The molecule has 2 N–H and O–H groups in total. The van der Waals surface area contributed by atoms with Crippen molar-refractivity contribution < 1.29 is 24.5 Å². The SMILES string of the molecule is O=C1CC(=O)N([C@H]2C[C@H](O)[C@@H](CO)O2)C=C1I. The first-order chi connectivity index (χ1) is 8.02. The molecular weight excluding hydrogens is 341 g/mol. The van der Waals surface area contributed by atoms with E-state index in [1.807, 2.05) is 22.6 Å². The molecule has 2 rings (SSSR count). The number of Topliss-reactive ketones (excluding diaryl/α,β-unsaturated/α-hetero) is 1. The van der Waals surface area contributed by atoms with E-state index in [2.05, 4.69) is 0 Å². The van der Waals surface area contributed by atoms with Gasteiger partial charge in [0.15, 0.2) is 5.78 Å². The van der Waals surface area contributed by atoms with E-state index in [1.54, 1.807) is 0 Å². The number of halogens is 1. The molecule has 0 bridgehead atoms. The molecule has 2 aliphatic heterocycles. The monoisotopic (exact) mass is 353 g/mol. The van der Waals surface area contributed by atoms with E-state index in [-0.39, 0.29) is 31.1 Å². The first kappa shape index (κ1) is 12.9. The van der Waals surface area contributed by atoms with Crippen LogP contribution in [-0.4, -0.2) is 51.8 Å². The van der Waals surface area contributed by atoms with Gasteiger partial charge in [-0.05, 0) is 22.6 Å². The van der Waals surface area contributed by atoms with Gasteiger partial charge in [-0.1, -0.05) is 0 Å². The van der Waals surface area contributed by atoms with E-state index in [0.29, 0.717) is 3.58 Å². The van der Waals surface area contributed by atoms with Crippen LogP contribution in [0.1, 0.15) is 12.8 Å². The van der Waals surface area contributed by atoms with Gasteiger partial charge in [0.25, 0.3) is 0 Å². The van der Waals surface area contributed by atoms with Crippen molar-refractivity contribution in [2.24, 2.45) is 0 Å². The summed E-state index contributed by atoms with van der Waals surface area (Å²) < 4.78 is 5.83. The third-order valence-corrected chi connectivity index (χ3v) is 3.69. The molecule has 1 amide bonds. The van der Waals surface area contributed by atoms with E-state index >= 15 is 0 Å². The number of carbonyl (C=O) groups excluding carboxylic acids is 2. The molecule has 2 heterocycles. The van der Waals surface area contributed by atoms with Crippen molar-refractivity contribution in [3.05, 3.63) is 9.78 Å². The summed E-state index contributed by atoms with van der Waals surface area (Å²) in [4.78, 5) is 24.3. The second-order valence-electron chi connectivity index (χ2n) is 3.99. The molecule has 3 atom stereocenters. The summed E-state index contributed by atoms with van der Waals surface area (Å²) in [6.45, 7) is -0.292. The third-order valence-electron chi connectivity index (χ3n) is 2.81. The minimum absolute atomic E-state index is 0.172. The molecule has 6 nitrogen and oxygen atoms in total. The average molecular weight is 353 g/mol. The molecule has 0 aromatic rings. The van der Waals surface area contributed by atoms with E-state index in [4.69, 9.17) is 9.84 Å². The molecule has 94 valence electrons. The predicted octanol–water partition coefficient (Wildman–Crippen LogP) is -0.468. The summed E-state index contributed by atoms with van der Waals surface area (Å²) in [5.41, 5.74) is 0. The Labute approximate surface area is 111 Å². The van der Waals surface area contributed by atoms with E-state index in [0.717, 1.165) is 0 Å². The third kappa shape index (κ3) is 2.51. The van der Waals surface area contributed by atoms with Gasteiger partial charge in [0.05, 0.1) is 22.7 Å². The highest BCUT2D eigenvalue weighted by Gasteiger charge is 2.39. The number of hydrogen-bond donors (Lipinski definition) is 2. The fourth-order valence-corrected chi connectivity index (χ4v) is 2.36. The van der Waals surface area contributed by atoms with Crippen molar-refractivity contribution >= 4 is 34.3 Å². The van der Waals surface area contributed by atoms with Crippen LogP contribution in [0.15, 0.2) is 9.78 Å². The Kier molecular flexibility index (Phi) is 3.81. The highest BCUT2D eigenvalue weighted by atomic mass is 127. The molecule has 7 heteroatoms. The fourth-order valence-electron chi connectivity index (χ4n) is 1.87. The van der Waals surface area contributed by atoms with Crippen molar-refractivity contribution in [1.82, 2.24) is 4.90 Å². The second kappa shape index (κ2) is 5.01. The Hall–Kier alpha value is -0.510. The van der Waals surface area contributed by atoms with Gasteiger partial charge >= 0.3 is 0 Å². The quantitative estimate of drug-likeness (QED) is 0.518. The maximum Gasteiger partial charge on any atom is 0.236 e. The lowest BCUT2D eigenvalue weighted by molar-refractivity contribution is -0.144. The number of ether oxygens (including phenoxy) is 1. The van der Waals surface area contributed by atoms with Crippen LogP contribution in [0.4, 0.5) is 0 Å². The Morgan fingerprint density at radius 2 is 2.24 bits per heavy atom. The zero-order chi connectivity index (χ0) is 12.6. The highest BCUT2D eigenvalue weighted by Crippen LogP contribution is 2.28. The largest absolute Gasteiger partial charge is 0.394 e. The van der Waals surface area contributed by atoms with Crippen LogP contribution in [0.5, 0.6) is 0 Å². The second-order valence-corrected chi connectivity index (χ2v) is 5.15. The topological polar surface area (TPSA) is 87.1 Å². The maximum absolute atomic E-state index is 11.7. The number of aliphatic hydroxyl groups excluding tert-OH is 2. The van der Waals surface area contributed by atoms with E-state index in [9.17, 15) is 14.7 Å². The molecular formula is C10H12INO5. The van der Waals surface area contributed by atoms with Crippen LogP contribution in [-0.2, 0) is 14.3 Å². The normalized spacial score (nSPS) is 34.2. The lowest BCUT2D eigenvalue weighted by Crippen LogP contribution is -2.40. The first-order valence-electron chi connectivity index (χ1n) is 5.19. The minimum atomic E-state index is -0.790. The van der Waals surface area contributed by atoms with Gasteiger partial charge in [-0.15, -0.1) is 0 Å². The maximum atomic E-state index is 11.7. The number of hydrogen-bond acceptors (Lipinski definition) is 5. The van der Waals surface area contributed by atoms with Crippen molar-refractivity contribution in [1.29, 1.82) is 0 Å². The van der Waals surface area contributed by atoms with Crippen LogP contribution >= 0.6 is 22.6 Å².